The van der Waals surface area contributed by atoms with E-state index in [0.29, 0.717) is 0 Å². The zero-order chi connectivity index (χ0) is 14.9. The van der Waals surface area contributed by atoms with Crippen LogP contribution in [-0.4, -0.2) is 18.1 Å². The summed E-state index contributed by atoms with van der Waals surface area (Å²) in [6.45, 7) is 0. The first-order chi connectivity index (χ1) is 9.45. The van der Waals surface area contributed by atoms with Crippen molar-refractivity contribution in [1.82, 2.24) is 4.98 Å². The summed E-state index contributed by atoms with van der Waals surface area (Å²) in [4.78, 5) is 14.8. The van der Waals surface area contributed by atoms with Gasteiger partial charge in [0.25, 0.3) is 0 Å². The monoisotopic (exact) mass is 333 g/mol. The van der Waals surface area contributed by atoms with Crippen molar-refractivity contribution < 1.29 is 13.9 Å². The molecular weight excluding hydrogens is 328 g/mol. The van der Waals surface area contributed by atoms with Gasteiger partial charge in [0.05, 0.1) is 22.2 Å². The molecule has 2 aromatic rings. The van der Waals surface area contributed by atoms with Crippen molar-refractivity contribution in [2.45, 2.75) is 0 Å². The summed E-state index contributed by atoms with van der Waals surface area (Å²) in [5.41, 5.74) is 0.125. The van der Waals surface area contributed by atoms with Crippen molar-refractivity contribution in [3.63, 3.8) is 0 Å². The first-order valence-electron chi connectivity index (χ1n) is 5.34. The molecule has 0 N–H and O–H groups in total. The molecule has 0 aliphatic heterocycles. The highest BCUT2D eigenvalue weighted by Crippen LogP contribution is 2.39. The molecule has 3 nitrogen and oxygen atoms in total. The van der Waals surface area contributed by atoms with Crippen molar-refractivity contribution in [1.29, 1.82) is 0 Å². The van der Waals surface area contributed by atoms with Crippen molar-refractivity contribution in [2.75, 3.05) is 7.11 Å². The van der Waals surface area contributed by atoms with Gasteiger partial charge in [-0.15, -0.1) is 0 Å². The fourth-order valence-electron chi connectivity index (χ4n) is 1.61. The number of hydrogen-bond donors (Lipinski definition) is 0. The van der Waals surface area contributed by atoms with E-state index in [9.17, 15) is 9.18 Å². The summed E-state index contributed by atoms with van der Waals surface area (Å²) >= 11 is 17.9. The maximum absolute atomic E-state index is 14.0. The zero-order valence-electron chi connectivity index (χ0n) is 10.1. The SMILES string of the molecule is COC(=O)c1ccc(-c2c(Cl)ccc(Cl)c2Cl)c(F)n1. The average molecular weight is 335 g/mol. The van der Waals surface area contributed by atoms with Crippen LogP contribution in [0.25, 0.3) is 11.1 Å². The maximum atomic E-state index is 14.0. The van der Waals surface area contributed by atoms with Crippen molar-refractivity contribution in [3.8, 4) is 11.1 Å². The molecule has 0 saturated carbocycles. The van der Waals surface area contributed by atoms with Crippen LogP contribution in [0.1, 0.15) is 10.5 Å². The number of pyridine rings is 1. The summed E-state index contributed by atoms with van der Waals surface area (Å²) in [6.07, 6.45) is 0. The molecule has 1 heterocycles. The Hall–Kier alpha value is -1.36. The van der Waals surface area contributed by atoms with E-state index in [1.165, 1.54) is 31.4 Å². The number of methoxy groups -OCH3 is 1. The first-order valence-corrected chi connectivity index (χ1v) is 6.47. The largest absolute Gasteiger partial charge is 0.464 e. The third-order valence-electron chi connectivity index (χ3n) is 2.56. The molecule has 0 amide bonds. The summed E-state index contributed by atoms with van der Waals surface area (Å²) in [6, 6.07) is 5.67. The minimum absolute atomic E-state index is 0.0511. The van der Waals surface area contributed by atoms with E-state index in [1.807, 2.05) is 0 Å². The molecule has 0 atom stereocenters. The van der Waals surface area contributed by atoms with Gasteiger partial charge < -0.3 is 4.74 Å². The summed E-state index contributed by atoms with van der Waals surface area (Å²) in [7, 11) is 1.18. The van der Waals surface area contributed by atoms with Crippen LogP contribution in [0, 0.1) is 5.95 Å². The van der Waals surface area contributed by atoms with E-state index in [-0.39, 0.29) is 31.9 Å². The number of rotatable bonds is 2. The standard InChI is InChI=1S/C13H7Cl3FNO2/c1-20-13(19)9-5-2-6(12(17)18-9)10-7(14)3-4-8(15)11(10)16/h2-5H,1H3. The maximum Gasteiger partial charge on any atom is 0.356 e. The second-order valence-electron chi connectivity index (χ2n) is 3.74. The van der Waals surface area contributed by atoms with Crippen molar-refractivity contribution >= 4 is 40.8 Å². The third kappa shape index (κ3) is 2.73. The van der Waals surface area contributed by atoms with Gasteiger partial charge in [0.2, 0.25) is 5.95 Å². The Labute approximate surface area is 129 Å². The summed E-state index contributed by atoms with van der Waals surface area (Å²) in [5, 5.41) is 0.583. The number of esters is 1. The van der Waals surface area contributed by atoms with Crippen LogP contribution in [0.15, 0.2) is 24.3 Å². The number of carbonyl (C=O) groups excluding carboxylic acids is 1. The number of ether oxygens (including phenoxy) is 1. The molecule has 104 valence electrons. The van der Waals surface area contributed by atoms with E-state index < -0.39 is 11.9 Å². The highest BCUT2D eigenvalue weighted by molar-refractivity contribution is 6.46. The minimum atomic E-state index is -0.890. The van der Waals surface area contributed by atoms with Crippen LogP contribution in [0.3, 0.4) is 0 Å². The van der Waals surface area contributed by atoms with Gasteiger partial charge in [-0.25, -0.2) is 9.78 Å². The Balaban J connectivity index is 2.60. The lowest BCUT2D eigenvalue weighted by atomic mass is 10.1. The minimum Gasteiger partial charge on any atom is -0.464 e. The van der Waals surface area contributed by atoms with Crippen LogP contribution in [-0.2, 0) is 4.74 Å². The highest BCUT2D eigenvalue weighted by Gasteiger charge is 2.18. The van der Waals surface area contributed by atoms with Crippen LogP contribution in [0.4, 0.5) is 4.39 Å². The molecule has 0 aliphatic carbocycles. The zero-order valence-corrected chi connectivity index (χ0v) is 12.4. The number of carbonyl (C=O) groups is 1. The van der Waals surface area contributed by atoms with Crippen LogP contribution >= 0.6 is 34.8 Å². The second kappa shape index (κ2) is 5.95. The van der Waals surface area contributed by atoms with Crippen LogP contribution in [0.5, 0.6) is 0 Å². The topological polar surface area (TPSA) is 39.2 Å². The fraction of sp³-hybridized carbons (Fsp3) is 0.0769. The molecule has 1 aromatic carbocycles. The Morgan fingerprint density at radius 2 is 1.80 bits per heavy atom. The first kappa shape index (κ1) is 15.0. The van der Waals surface area contributed by atoms with Gasteiger partial charge in [-0.1, -0.05) is 34.8 Å². The van der Waals surface area contributed by atoms with E-state index in [1.54, 1.807) is 0 Å². The van der Waals surface area contributed by atoms with Gasteiger partial charge in [0.1, 0.15) is 0 Å². The molecule has 1 aromatic heterocycles. The summed E-state index contributed by atoms with van der Waals surface area (Å²) in [5.74, 6) is -1.63. The van der Waals surface area contributed by atoms with Crippen molar-refractivity contribution in [2.24, 2.45) is 0 Å². The number of halogens is 4. The molecule has 2 rings (SSSR count). The molecular formula is C13H7Cl3FNO2. The van der Waals surface area contributed by atoms with E-state index in [4.69, 9.17) is 34.8 Å². The molecule has 0 saturated heterocycles. The van der Waals surface area contributed by atoms with E-state index >= 15 is 0 Å². The number of aromatic nitrogens is 1. The lowest BCUT2D eigenvalue weighted by Gasteiger charge is -2.10. The van der Waals surface area contributed by atoms with Crippen LogP contribution in [0.2, 0.25) is 15.1 Å². The Morgan fingerprint density at radius 3 is 2.40 bits per heavy atom. The molecule has 0 aliphatic rings. The lowest BCUT2D eigenvalue weighted by molar-refractivity contribution is 0.0592. The quantitative estimate of drug-likeness (QED) is 0.456. The van der Waals surface area contributed by atoms with E-state index in [0.717, 1.165) is 0 Å². The second-order valence-corrected chi connectivity index (χ2v) is 4.94. The Kier molecular flexibility index (Phi) is 4.48. The number of hydrogen-bond acceptors (Lipinski definition) is 3. The van der Waals surface area contributed by atoms with Crippen molar-refractivity contribution in [3.05, 3.63) is 51.0 Å². The van der Waals surface area contributed by atoms with Gasteiger partial charge in [0, 0.05) is 11.1 Å². The molecule has 0 spiro atoms. The van der Waals surface area contributed by atoms with Gasteiger partial charge >= 0.3 is 5.97 Å². The van der Waals surface area contributed by atoms with Gasteiger partial charge in [-0.3, -0.25) is 0 Å². The van der Waals surface area contributed by atoms with Crippen LogP contribution < -0.4 is 0 Å². The van der Waals surface area contributed by atoms with E-state index in [2.05, 4.69) is 9.72 Å². The molecule has 0 fully saturated rings. The Bertz CT molecular complexity index is 692. The fourth-order valence-corrected chi connectivity index (χ4v) is 2.34. The number of nitrogens with zero attached hydrogens (tertiary/aromatic N) is 1. The van der Waals surface area contributed by atoms with Gasteiger partial charge in [-0.2, -0.15) is 4.39 Å². The molecule has 0 bridgehead atoms. The highest BCUT2D eigenvalue weighted by atomic mass is 35.5. The predicted molar refractivity (Wildman–Crippen MR) is 76.0 cm³/mol. The van der Waals surface area contributed by atoms with Gasteiger partial charge in [-0.05, 0) is 24.3 Å². The molecule has 20 heavy (non-hydrogen) atoms. The normalized spacial score (nSPS) is 10.4. The number of benzene rings is 1. The third-order valence-corrected chi connectivity index (χ3v) is 3.68. The Morgan fingerprint density at radius 1 is 1.15 bits per heavy atom. The lowest BCUT2D eigenvalue weighted by Crippen LogP contribution is -2.06. The average Bonchev–Trinajstić information content (AvgIpc) is 2.44. The smallest absolute Gasteiger partial charge is 0.356 e. The molecule has 0 unspecified atom stereocenters. The van der Waals surface area contributed by atoms with Gasteiger partial charge in [0.15, 0.2) is 5.69 Å². The molecule has 0 radical (unpaired) electrons. The summed E-state index contributed by atoms with van der Waals surface area (Å²) < 4.78 is 18.5. The predicted octanol–water partition coefficient (Wildman–Crippen LogP) is 4.63. The molecule has 7 heteroatoms.